The van der Waals surface area contributed by atoms with Gasteiger partial charge in [0.2, 0.25) is 0 Å². The average molecular weight is 405 g/mol. The van der Waals surface area contributed by atoms with Gasteiger partial charge in [0.25, 0.3) is 0 Å². The lowest BCUT2D eigenvalue weighted by molar-refractivity contribution is 0.0509. The van der Waals surface area contributed by atoms with Gasteiger partial charge in [0, 0.05) is 0 Å². The molecular formula is C18H28O6S2. The van der Waals surface area contributed by atoms with Crippen molar-refractivity contribution in [3.05, 3.63) is 35.9 Å². The van der Waals surface area contributed by atoms with Crippen LogP contribution in [0.3, 0.4) is 0 Å². The molecule has 0 aliphatic heterocycles. The van der Waals surface area contributed by atoms with Crippen molar-refractivity contribution in [2.45, 2.75) is 44.8 Å². The minimum atomic E-state index is -3.68. The topological polar surface area (TPSA) is 94.6 Å². The smallest absolute Gasteiger partial charge is 0.338 e. The zero-order chi connectivity index (χ0) is 19.6. The lowest BCUT2D eigenvalue weighted by Crippen LogP contribution is -2.37. The van der Waals surface area contributed by atoms with Gasteiger partial charge in [-0.2, -0.15) is 0 Å². The van der Waals surface area contributed by atoms with Crippen LogP contribution in [-0.4, -0.2) is 51.9 Å². The number of hydrogen-bond acceptors (Lipinski definition) is 6. The predicted octanol–water partition coefficient (Wildman–Crippen LogP) is 2.64. The number of unbranched alkanes of at least 4 members (excludes halogenated alkanes) is 2. The molecule has 0 aliphatic carbocycles. The van der Waals surface area contributed by atoms with Gasteiger partial charge in [-0.15, -0.1) is 0 Å². The van der Waals surface area contributed by atoms with E-state index in [1.165, 1.54) is 0 Å². The van der Waals surface area contributed by atoms with E-state index in [1.54, 1.807) is 30.3 Å². The Labute approximate surface area is 156 Å². The molecule has 0 saturated heterocycles. The third-order valence-corrected chi connectivity index (χ3v) is 8.16. The highest BCUT2D eigenvalue weighted by atomic mass is 32.2. The van der Waals surface area contributed by atoms with Crippen molar-refractivity contribution in [2.24, 2.45) is 0 Å². The Morgan fingerprint density at radius 2 is 1.54 bits per heavy atom. The third kappa shape index (κ3) is 7.86. The van der Waals surface area contributed by atoms with Gasteiger partial charge in [-0.1, -0.05) is 44.9 Å². The fourth-order valence-corrected chi connectivity index (χ4v) is 6.63. The van der Waals surface area contributed by atoms with Crippen molar-refractivity contribution in [3.8, 4) is 0 Å². The van der Waals surface area contributed by atoms with Crippen LogP contribution in [0.5, 0.6) is 0 Å². The number of ether oxygens (including phenoxy) is 1. The first-order valence-electron chi connectivity index (χ1n) is 8.86. The highest BCUT2D eigenvalue weighted by Gasteiger charge is 2.31. The summed E-state index contributed by atoms with van der Waals surface area (Å²) in [6, 6.07) is 8.19. The number of carbonyl (C=O) groups excluding carboxylic acids is 1. The zero-order valence-electron chi connectivity index (χ0n) is 15.4. The second kappa shape index (κ2) is 10.7. The largest absolute Gasteiger partial charge is 0.461 e. The van der Waals surface area contributed by atoms with Gasteiger partial charge in [0.15, 0.2) is 19.7 Å². The maximum absolute atomic E-state index is 12.5. The molecular weight excluding hydrogens is 376 g/mol. The van der Waals surface area contributed by atoms with Crippen molar-refractivity contribution in [2.75, 3.05) is 23.9 Å². The molecule has 0 spiro atoms. The summed E-state index contributed by atoms with van der Waals surface area (Å²) >= 11 is 0. The van der Waals surface area contributed by atoms with Crippen LogP contribution >= 0.6 is 0 Å². The molecule has 0 aliphatic rings. The monoisotopic (exact) mass is 404 g/mol. The molecule has 26 heavy (non-hydrogen) atoms. The van der Waals surface area contributed by atoms with E-state index < -0.39 is 43.3 Å². The van der Waals surface area contributed by atoms with Crippen molar-refractivity contribution in [1.29, 1.82) is 0 Å². The summed E-state index contributed by atoms with van der Waals surface area (Å²) in [4.78, 5) is 12.1. The van der Waals surface area contributed by atoms with Crippen LogP contribution in [0.4, 0.5) is 0 Å². The molecule has 0 radical (unpaired) electrons. The van der Waals surface area contributed by atoms with Gasteiger partial charge in [-0.25, -0.2) is 21.6 Å². The van der Waals surface area contributed by atoms with Crippen molar-refractivity contribution < 1.29 is 26.4 Å². The van der Waals surface area contributed by atoms with Gasteiger partial charge in [-0.3, -0.25) is 0 Å². The van der Waals surface area contributed by atoms with Crippen LogP contribution in [0.1, 0.15) is 49.9 Å². The Hall–Kier alpha value is -1.41. The minimum absolute atomic E-state index is 0.0596. The number of hydrogen-bond donors (Lipinski definition) is 0. The number of benzene rings is 1. The molecule has 1 rings (SSSR count). The Kier molecular flexibility index (Phi) is 9.29. The van der Waals surface area contributed by atoms with E-state index in [2.05, 4.69) is 0 Å². The fourth-order valence-electron chi connectivity index (χ4n) is 2.32. The van der Waals surface area contributed by atoms with E-state index in [0.717, 1.165) is 0 Å². The quantitative estimate of drug-likeness (QED) is 0.497. The van der Waals surface area contributed by atoms with E-state index in [-0.39, 0.29) is 11.5 Å². The molecule has 1 atom stereocenters. The Morgan fingerprint density at radius 1 is 0.962 bits per heavy atom. The zero-order valence-corrected chi connectivity index (χ0v) is 17.0. The lowest BCUT2D eigenvalue weighted by Gasteiger charge is -2.18. The molecule has 0 aromatic heterocycles. The number of esters is 1. The molecule has 0 saturated carbocycles. The highest BCUT2D eigenvalue weighted by molar-refractivity contribution is 7.95. The van der Waals surface area contributed by atoms with Crippen LogP contribution in [0, 0.1) is 0 Å². The average Bonchev–Trinajstić information content (AvgIpc) is 2.62. The molecule has 148 valence electrons. The molecule has 1 aromatic rings. The van der Waals surface area contributed by atoms with E-state index >= 15 is 0 Å². The molecule has 0 N–H and O–H groups in total. The SMILES string of the molecule is CCCCS(=O)(=O)C[C@@H](COC(=O)c1ccccc1)S(=O)(=O)CCCC. The highest BCUT2D eigenvalue weighted by Crippen LogP contribution is 2.13. The Morgan fingerprint density at radius 3 is 2.12 bits per heavy atom. The third-order valence-electron chi connectivity index (χ3n) is 3.95. The van der Waals surface area contributed by atoms with Crippen LogP contribution in [0.15, 0.2) is 30.3 Å². The van der Waals surface area contributed by atoms with E-state index in [1.807, 2.05) is 13.8 Å². The van der Waals surface area contributed by atoms with Crippen molar-refractivity contribution in [1.82, 2.24) is 0 Å². The molecule has 0 heterocycles. The molecule has 1 aromatic carbocycles. The number of rotatable bonds is 12. The minimum Gasteiger partial charge on any atom is -0.461 e. The second-order valence-electron chi connectivity index (χ2n) is 6.27. The van der Waals surface area contributed by atoms with Crippen LogP contribution in [0.2, 0.25) is 0 Å². The van der Waals surface area contributed by atoms with Crippen LogP contribution in [-0.2, 0) is 24.4 Å². The van der Waals surface area contributed by atoms with Crippen molar-refractivity contribution >= 4 is 25.6 Å². The molecule has 0 amide bonds. The van der Waals surface area contributed by atoms with E-state index in [4.69, 9.17) is 4.74 Å². The Balaban J connectivity index is 2.88. The normalized spacial score (nSPS) is 13.3. The van der Waals surface area contributed by atoms with Crippen LogP contribution < -0.4 is 0 Å². The molecule has 0 unspecified atom stereocenters. The van der Waals surface area contributed by atoms with Crippen molar-refractivity contribution in [3.63, 3.8) is 0 Å². The van der Waals surface area contributed by atoms with Gasteiger partial charge in [0.05, 0.1) is 22.8 Å². The van der Waals surface area contributed by atoms with Crippen LogP contribution in [0.25, 0.3) is 0 Å². The van der Waals surface area contributed by atoms with E-state index in [9.17, 15) is 21.6 Å². The van der Waals surface area contributed by atoms with Gasteiger partial charge in [-0.05, 0) is 25.0 Å². The summed E-state index contributed by atoms with van der Waals surface area (Å²) in [7, 11) is -7.21. The first kappa shape index (κ1) is 22.6. The molecule has 8 heteroatoms. The first-order valence-corrected chi connectivity index (χ1v) is 12.4. The summed E-state index contributed by atoms with van der Waals surface area (Å²) in [6.07, 6.45) is 2.31. The van der Waals surface area contributed by atoms with Gasteiger partial charge in [0.1, 0.15) is 11.9 Å². The summed E-state index contributed by atoms with van der Waals surface area (Å²) < 4.78 is 54.7. The summed E-state index contributed by atoms with van der Waals surface area (Å²) in [5.74, 6) is -1.34. The maximum Gasteiger partial charge on any atom is 0.338 e. The van der Waals surface area contributed by atoms with E-state index in [0.29, 0.717) is 31.2 Å². The molecule has 0 fully saturated rings. The molecule has 0 bridgehead atoms. The second-order valence-corrected chi connectivity index (χ2v) is 10.9. The predicted molar refractivity (Wildman–Crippen MR) is 103 cm³/mol. The number of carbonyl (C=O) groups is 1. The summed E-state index contributed by atoms with van der Waals surface area (Å²) in [6.45, 7) is 3.27. The van der Waals surface area contributed by atoms with Gasteiger partial charge < -0.3 is 4.74 Å². The summed E-state index contributed by atoms with van der Waals surface area (Å²) in [5.41, 5.74) is 0.297. The maximum atomic E-state index is 12.5. The lowest BCUT2D eigenvalue weighted by atomic mass is 10.2. The van der Waals surface area contributed by atoms with Gasteiger partial charge >= 0.3 is 5.97 Å². The standard InChI is InChI=1S/C18H28O6S2/c1-3-5-12-25(20,21)15-17(26(22,23)13-6-4-2)14-24-18(19)16-10-8-7-9-11-16/h7-11,17H,3-6,12-15H2,1-2H3/t17-/m1/s1. The Bertz CT molecular complexity index is 754. The molecule has 6 nitrogen and oxygen atoms in total. The summed E-state index contributed by atoms with van der Waals surface area (Å²) in [5, 5.41) is -1.23. The fraction of sp³-hybridized carbons (Fsp3) is 0.611. The first-order chi connectivity index (χ1) is 12.2. The number of sulfone groups is 2.